The minimum atomic E-state index is -0.538. The number of hydrogen-bond acceptors (Lipinski definition) is 8. The molecule has 192 valence electrons. The van der Waals surface area contributed by atoms with Crippen LogP contribution in [0.15, 0.2) is 48.5 Å². The van der Waals surface area contributed by atoms with Crippen LogP contribution in [0.5, 0.6) is 5.88 Å². The van der Waals surface area contributed by atoms with Crippen LogP contribution in [0.25, 0.3) is 22.5 Å². The molecule has 0 radical (unpaired) electrons. The molecule has 2 aromatic carbocycles. The van der Waals surface area contributed by atoms with Crippen LogP contribution in [-0.4, -0.2) is 46.3 Å². The van der Waals surface area contributed by atoms with E-state index >= 15 is 0 Å². The molecule has 1 fully saturated rings. The molecule has 3 N–H and O–H groups in total. The second kappa shape index (κ2) is 10.8. The second-order valence-electron chi connectivity index (χ2n) is 10.2. The second-order valence-corrected chi connectivity index (χ2v) is 10.2. The number of likely N-dealkylation sites (tertiary alicyclic amines) is 1. The van der Waals surface area contributed by atoms with E-state index in [0.29, 0.717) is 42.5 Å². The van der Waals surface area contributed by atoms with Gasteiger partial charge in [-0.05, 0) is 46.2 Å². The van der Waals surface area contributed by atoms with Gasteiger partial charge in [-0.15, -0.1) is 0 Å². The topological polar surface area (TPSA) is 126 Å². The zero-order chi connectivity index (χ0) is 26.6. The monoisotopic (exact) mass is 500 g/mol. The maximum atomic E-state index is 12.4. The molecule has 1 aliphatic rings. The Morgan fingerprint density at radius 1 is 1.11 bits per heavy atom. The standard InChI is InChI=1S/C28H32N6O3/c1-18-5-9-21(10-6-18)23-24(22-11-7-19(15-29)8-12-22)32-26(25(31-23)33-30)36-17-20-13-14-34(16-20)27(35)37-28(2,3)4/h5-12,20H,13-14,16-17,30H2,1-4H3,(H,31,33)/t20-/m1/s1. The quantitative estimate of drug-likeness (QED) is 0.361. The minimum Gasteiger partial charge on any atom is -0.475 e. The van der Waals surface area contributed by atoms with E-state index in [1.54, 1.807) is 17.0 Å². The molecule has 1 atom stereocenters. The van der Waals surface area contributed by atoms with Gasteiger partial charge in [-0.3, -0.25) is 0 Å². The summed E-state index contributed by atoms with van der Waals surface area (Å²) < 4.78 is 11.6. The number of carbonyl (C=O) groups is 1. The first kappa shape index (κ1) is 25.9. The van der Waals surface area contributed by atoms with E-state index in [4.69, 9.17) is 25.3 Å². The van der Waals surface area contributed by atoms with Gasteiger partial charge in [0.1, 0.15) is 11.3 Å². The first-order valence-electron chi connectivity index (χ1n) is 12.2. The minimum absolute atomic E-state index is 0.120. The van der Waals surface area contributed by atoms with Crippen molar-refractivity contribution in [2.45, 2.75) is 39.7 Å². The molecule has 0 saturated carbocycles. The maximum Gasteiger partial charge on any atom is 0.410 e. The number of nitrogens with one attached hydrogen (secondary N) is 1. The summed E-state index contributed by atoms with van der Waals surface area (Å²) in [6, 6.07) is 17.3. The van der Waals surface area contributed by atoms with Crippen molar-refractivity contribution >= 4 is 11.9 Å². The van der Waals surface area contributed by atoms with Crippen molar-refractivity contribution in [1.82, 2.24) is 14.9 Å². The van der Waals surface area contributed by atoms with Crippen LogP contribution < -0.4 is 16.0 Å². The van der Waals surface area contributed by atoms with Gasteiger partial charge < -0.3 is 19.8 Å². The van der Waals surface area contributed by atoms with Crippen molar-refractivity contribution in [1.29, 1.82) is 5.26 Å². The predicted molar refractivity (Wildman–Crippen MR) is 142 cm³/mol. The number of hydrazine groups is 1. The summed E-state index contributed by atoms with van der Waals surface area (Å²) >= 11 is 0. The van der Waals surface area contributed by atoms with Crippen LogP contribution in [0.2, 0.25) is 0 Å². The number of aryl methyl sites for hydroxylation is 1. The van der Waals surface area contributed by atoms with Gasteiger partial charge in [0.2, 0.25) is 5.82 Å². The Hall–Kier alpha value is -4.16. The molecule has 0 aliphatic carbocycles. The van der Waals surface area contributed by atoms with Gasteiger partial charge in [0.05, 0.1) is 23.9 Å². The van der Waals surface area contributed by atoms with Crippen molar-refractivity contribution in [3.8, 4) is 34.5 Å². The lowest BCUT2D eigenvalue weighted by Gasteiger charge is -2.24. The van der Waals surface area contributed by atoms with E-state index in [1.807, 2.05) is 64.1 Å². The number of benzene rings is 2. The zero-order valence-corrected chi connectivity index (χ0v) is 21.6. The molecule has 1 aromatic heterocycles. The normalized spacial score (nSPS) is 15.2. The van der Waals surface area contributed by atoms with E-state index in [2.05, 4.69) is 11.5 Å². The maximum absolute atomic E-state index is 12.4. The summed E-state index contributed by atoms with van der Waals surface area (Å²) in [5.41, 5.74) is 6.70. The average Bonchev–Trinajstić information content (AvgIpc) is 3.36. The smallest absolute Gasteiger partial charge is 0.410 e. The largest absolute Gasteiger partial charge is 0.475 e. The average molecular weight is 501 g/mol. The Morgan fingerprint density at radius 3 is 2.32 bits per heavy atom. The highest BCUT2D eigenvalue weighted by Gasteiger charge is 2.30. The lowest BCUT2D eigenvalue weighted by Crippen LogP contribution is -2.35. The van der Waals surface area contributed by atoms with Crippen LogP contribution in [-0.2, 0) is 4.74 Å². The zero-order valence-electron chi connectivity index (χ0n) is 21.6. The number of anilines is 1. The Morgan fingerprint density at radius 2 is 1.73 bits per heavy atom. The van der Waals surface area contributed by atoms with Crippen molar-refractivity contribution in [3.63, 3.8) is 0 Å². The number of nitrogen functional groups attached to an aromatic ring is 1. The molecule has 0 spiro atoms. The lowest BCUT2D eigenvalue weighted by atomic mass is 10.0. The first-order chi connectivity index (χ1) is 17.7. The summed E-state index contributed by atoms with van der Waals surface area (Å²) in [7, 11) is 0. The van der Waals surface area contributed by atoms with Crippen LogP contribution in [0.4, 0.5) is 10.6 Å². The highest BCUT2D eigenvalue weighted by atomic mass is 16.6. The molecule has 0 unspecified atom stereocenters. The van der Waals surface area contributed by atoms with E-state index in [0.717, 1.165) is 23.1 Å². The van der Waals surface area contributed by atoms with E-state index in [9.17, 15) is 10.1 Å². The number of rotatable bonds is 6. The summed E-state index contributed by atoms with van der Waals surface area (Å²) in [4.78, 5) is 23.7. The van der Waals surface area contributed by atoms with E-state index < -0.39 is 5.60 Å². The highest BCUT2D eigenvalue weighted by molar-refractivity contribution is 5.80. The van der Waals surface area contributed by atoms with Crippen molar-refractivity contribution in [2.24, 2.45) is 11.8 Å². The number of nitrogens with two attached hydrogens (primary N) is 1. The number of amides is 1. The lowest BCUT2D eigenvalue weighted by molar-refractivity contribution is 0.0284. The van der Waals surface area contributed by atoms with Gasteiger partial charge in [-0.2, -0.15) is 5.26 Å². The van der Waals surface area contributed by atoms with Crippen molar-refractivity contribution < 1.29 is 14.3 Å². The Labute approximate surface area is 217 Å². The fourth-order valence-corrected chi connectivity index (χ4v) is 4.09. The van der Waals surface area contributed by atoms with Gasteiger partial charge >= 0.3 is 6.09 Å². The van der Waals surface area contributed by atoms with E-state index in [-0.39, 0.29) is 17.9 Å². The summed E-state index contributed by atoms with van der Waals surface area (Å²) in [5.74, 6) is 6.52. The molecule has 2 heterocycles. The summed E-state index contributed by atoms with van der Waals surface area (Å²) in [6.45, 7) is 9.08. The third-order valence-electron chi connectivity index (χ3n) is 6.01. The van der Waals surface area contributed by atoms with Crippen LogP contribution in [0, 0.1) is 24.2 Å². The van der Waals surface area contributed by atoms with Gasteiger partial charge in [0, 0.05) is 30.1 Å². The predicted octanol–water partition coefficient (Wildman–Crippen LogP) is 4.91. The molecule has 1 amide bonds. The van der Waals surface area contributed by atoms with Gasteiger partial charge in [0.25, 0.3) is 5.88 Å². The Kier molecular flexibility index (Phi) is 7.60. The molecule has 37 heavy (non-hydrogen) atoms. The van der Waals surface area contributed by atoms with Gasteiger partial charge in [-0.1, -0.05) is 42.0 Å². The molecular weight excluding hydrogens is 468 g/mol. The molecule has 0 bridgehead atoms. The highest BCUT2D eigenvalue weighted by Crippen LogP contribution is 2.34. The van der Waals surface area contributed by atoms with Gasteiger partial charge in [0.15, 0.2) is 0 Å². The van der Waals surface area contributed by atoms with Gasteiger partial charge in [-0.25, -0.2) is 20.6 Å². The van der Waals surface area contributed by atoms with Crippen LogP contribution >= 0.6 is 0 Å². The fraction of sp³-hybridized carbons (Fsp3) is 0.357. The number of aromatic nitrogens is 2. The molecule has 1 aliphatic heterocycles. The molecular formula is C28H32N6O3. The fourth-order valence-electron chi connectivity index (χ4n) is 4.09. The number of nitrogens with zero attached hydrogens (tertiary/aromatic N) is 4. The molecule has 4 rings (SSSR count). The Bertz CT molecular complexity index is 1290. The van der Waals surface area contributed by atoms with Crippen molar-refractivity contribution in [3.05, 3.63) is 59.7 Å². The molecule has 1 saturated heterocycles. The molecule has 9 nitrogen and oxygen atoms in total. The van der Waals surface area contributed by atoms with Crippen molar-refractivity contribution in [2.75, 3.05) is 25.1 Å². The SMILES string of the molecule is Cc1ccc(-c2nc(NN)c(OC[C@@H]3CCN(C(=O)OC(C)(C)C)C3)nc2-c2ccc(C#N)cc2)cc1. The first-order valence-corrected chi connectivity index (χ1v) is 12.2. The Balaban J connectivity index is 1.60. The molecule has 9 heteroatoms. The number of nitriles is 1. The van der Waals surface area contributed by atoms with E-state index in [1.165, 1.54) is 0 Å². The third kappa shape index (κ3) is 6.35. The number of ether oxygens (including phenoxy) is 2. The van der Waals surface area contributed by atoms with Crippen LogP contribution in [0.3, 0.4) is 0 Å². The summed E-state index contributed by atoms with van der Waals surface area (Å²) in [6.07, 6.45) is 0.479. The number of hydrogen-bond donors (Lipinski definition) is 2. The summed E-state index contributed by atoms with van der Waals surface area (Å²) in [5, 5.41) is 9.20. The molecule has 3 aromatic rings. The number of carbonyl (C=O) groups excluding carboxylic acids is 1. The third-order valence-corrected chi connectivity index (χ3v) is 6.01. The van der Waals surface area contributed by atoms with Crippen LogP contribution in [0.1, 0.15) is 38.3 Å².